The number of rotatable bonds is 3. The number of nitrogens with zero attached hydrogens (tertiary/aromatic N) is 3. The molecule has 0 N–H and O–H groups in total. The molecule has 0 aliphatic heterocycles. The van der Waals surface area contributed by atoms with Gasteiger partial charge >= 0.3 is 6.01 Å². The van der Waals surface area contributed by atoms with Crippen LogP contribution in [0.4, 0.5) is 0 Å². The average molecular weight is 276 g/mol. The van der Waals surface area contributed by atoms with Crippen molar-refractivity contribution in [3.05, 3.63) is 35.0 Å². The van der Waals surface area contributed by atoms with Gasteiger partial charge in [-0.3, -0.25) is 0 Å². The van der Waals surface area contributed by atoms with Gasteiger partial charge < -0.3 is 9.47 Å². The van der Waals surface area contributed by atoms with Crippen LogP contribution in [-0.2, 0) is 0 Å². The molecule has 0 bridgehead atoms. The first-order valence-electron chi connectivity index (χ1n) is 5.35. The highest BCUT2D eigenvalue weighted by Crippen LogP contribution is 2.35. The standard InChI is InChI=1S/C13H10ClN3O2/c1-18-12-10(11(14)16-13(17-12)19-2)9-5-3-8(7-15)4-6-9/h3-6H,1-2H3. The van der Waals surface area contributed by atoms with E-state index in [1.54, 1.807) is 24.3 Å². The molecule has 0 aliphatic rings. The van der Waals surface area contributed by atoms with E-state index in [0.29, 0.717) is 17.0 Å². The van der Waals surface area contributed by atoms with Gasteiger partial charge in [-0.25, -0.2) is 0 Å². The SMILES string of the molecule is COc1nc(Cl)c(-c2ccc(C#N)cc2)c(OC)n1. The van der Waals surface area contributed by atoms with Crippen molar-refractivity contribution in [3.8, 4) is 29.1 Å². The lowest BCUT2D eigenvalue weighted by Gasteiger charge is -2.10. The van der Waals surface area contributed by atoms with Crippen LogP contribution in [0.15, 0.2) is 24.3 Å². The van der Waals surface area contributed by atoms with Crippen LogP contribution in [0.3, 0.4) is 0 Å². The molecule has 0 unspecified atom stereocenters. The lowest BCUT2D eigenvalue weighted by molar-refractivity contribution is 0.353. The molecule has 5 nitrogen and oxygen atoms in total. The fourth-order valence-electron chi connectivity index (χ4n) is 1.59. The van der Waals surface area contributed by atoms with Crippen molar-refractivity contribution < 1.29 is 9.47 Å². The summed E-state index contributed by atoms with van der Waals surface area (Å²) in [5, 5.41) is 9.01. The molecule has 0 amide bonds. The normalized spacial score (nSPS) is 9.79. The summed E-state index contributed by atoms with van der Waals surface area (Å²) < 4.78 is 10.1. The van der Waals surface area contributed by atoms with Crippen molar-refractivity contribution in [2.75, 3.05) is 14.2 Å². The van der Waals surface area contributed by atoms with E-state index >= 15 is 0 Å². The van der Waals surface area contributed by atoms with Crippen molar-refractivity contribution >= 4 is 11.6 Å². The van der Waals surface area contributed by atoms with Gasteiger partial charge in [0.15, 0.2) is 0 Å². The summed E-state index contributed by atoms with van der Waals surface area (Å²) in [6.45, 7) is 0. The van der Waals surface area contributed by atoms with E-state index in [-0.39, 0.29) is 11.2 Å². The number of hydrogen-bond acceptors (Lipinski definition) is 5. The Balaban J connectivity index is 2.57. The maximum atomic E-state index is 8.78. The van der Waals surface area contributed by atoms with Crippen LogP contribution >= 0.6 is 11.6 Å². The number of aromatic nitrogens is 2. The summed E-state index contributed by atoms with van der Waals surface area (Å²) in [6, 6.07) is 9.09. The predicted octanol–water partition coefficient (Wildman–Crippen LogP) is 2.69. The Morgan fingerprint density at radius 3 is 2.32 bits per heavy atom. The first-order valence-corrected chi connectivity index (χ1v) is 5.73. The first-order chi connectivity index (χ1) is 9.19. The molecule has 0 saturated carbocycles. The predicted molar refractivity (Wildman–Crippen MR) is 70.3 cm³/mol. The van der Waals surface area contributed by atoms with Gasteiger partial charge in [-0.2, -0.15) is 15.2 Å². The zero-order valence-electron chi connectivity index (χ0n) is 10.3. The second-order valence-electron chi connectivity index (χ2n) is 3.57. The molecule has 0 radical (unpaired) electrons. The maximum Gasteiger partial charge on any atom is 0.320 e. The Hall–Kier alpha value is -2.32. The van der Waals surface area contributed by atoms with E-state index in [2.05, 4.69) is 16.0 Å². The van der Waals surface area contributed by atoms with Crippen LogP contribution in [0.25, 0.3) is 11.1 Å². The molecule has 1 heterocycles. The Labute approximate surface area is 115 Å². The molecule has 0 aliphatic carbocycles. The molecule has 2 rings (SSSR count). The highest BCUT2D eigenvalue weighted by molar-refractivity contribution is 6.32. The third-order valence-electron chi connectivity index (χ3n) is 2.49. The summed E-state index contributed by atoms with van der Waals surface area (Å²) >= 11 is 6.12. The highest BCUT2D eigenvalue weighted by atomic mass is 35.5. The topological polar surface area (TPSA) is 68.0 Å². The Morgan fingerprint density at radius 1 is 1.11 bits per heavy atom. The summed E-state index contributed by atoms with van der Waals surface area (Å²) in [5.74, 6) is 0.321. The van der Waals surface area contributed by atoms with Gasteiger partial charge in [-0.15, -0.1) is 0 Å². The first kappa shape index (κ1) is 13.1. The minimum absolute atomic E-state index is 0.138. The zero-order valence-corrected chi connectivity index (χ0v) is 11.1. The van der Waals surface area contributed by atoms with Crippen LogP contribution < -0.4 is 9.47 Å². The van der Waals surface area contributed by atoms with Crippen LogP contribution in [0.2, 0.25) is 5.15 Å². The van der Waals surface area contributed by atoms with Gasteiger partial charge in [0.05, 0.1) is 31.4 Å². The molecule has 0 saturated heterocycles. The van der Waals surface area contributed by atoms with Crippen molar-refractivity contribution in [3.63, 3.8) is 0 Å². The number of hydrogen-bond donors (Lipinski definition) is 0. The quantitative estimate of drug-likeness (QED) is 0.806. The van der Waals surface area contributed by atoms with Gasteiger partial charge in [0.2, 0.25) is 5.88 Å². The van der Waals surface area contributed by atoms with E-state index < -0.39 is 0 Å². The van der Waals surface area contributed by atoms with Gasteiger partial charge in [0.1, 0.15) is 5.15 Å². The smallest absolute Gasteiger partial charge is 0.320 e. The number of nitriles is 1. The Morgan fingerprint density at radius 2 is 1.79 bits per heavy atom. The van der Waals surface area contributed by atoms with E-state index in [4.69, 9.17) is 26.3 Å². The molecule has 0 atom stereocenters. The third kappa shape index (κ3) is 2.59. The highest BCUT2D eigenvalue weighted by Gasteiger charge is 2.16. The minimum Gasteiger partial charge on any atom is -0.480 e. The fraction of sp³-hybridized carbons (Fsp3) is 0.154. The van der Waals surface area contributed by atoms with E-state index in [1.807, 2.05) is 0 Å². The van der Waals surface area contributed by atoms with Gasteiger partial charge in [0, 0.05) is 0 Å². The van der Waals surface area contributed by atoms with Crippen molar-refractivity contribution in [2.24, 2.45) is 0 Å². The van der Waals surface area contributed by atoms with Crippen molar-refractivity contribution in [2.45, 2.75) is 0 Å². The van der Waals surface area contributed by atoms with Crippen molar-refractivity contribution in [1.82, 2.24) is 9.97 Å². The molecule has 19 heavy (non-hydrogen) atoms. The Bertz CT molecular complexity index is 636. The van der Waals surface area contributed by atoms with Crippen LogP contribution in [-0.4, -0.2) is 24.2 Å². The lowest BCUT2D eigenvalue weighted by Crippen LogP contribution is -1.99. The molecule has 0 spiro atoms. The molecule has 6 heteroatoms. The van der Waals surface area contributed by atoms with Crippen LogP contribution in [0.5, 0.6) is 11.9 Å². The molecular weight excluding hydrogens is 266 g/mol. The lowest BCUT2D eigenvalue weighted by atomic mass is 10.1. The van der Waals surface area contributed by atoms with Gasteiger partial charge in [-0.05, 0) is 17.7 Å². The molecule has 0 fully saturated rings. The summed E-state index contributed by atoms with van der Waals surface area (Å²) in [6.07, 6.45) is 0. The minimum atomic E-state index is 0.138. The molecule has 1 aromatic carbocycles. The summed E-state index contributed by atoms with van der Waals surface area (Å²) in [4.78, 5) is 8.09. The summed E-state index contributed by atoms with van der Waals surface area (Å²) in [5.41, 5.74) is 1.89. The van der Waals surface area contributed by atoms with E-state index in [9.17, 15) is 0 Å². The number of ether oxygens (including phenoxy) is 2. The fourth-order valence-corrected chi connectivity index (χ4v) is 1.85. The molecular formula is C13H10ClN3O2. The van der Waals surface area contributed by atoms with Gasteiger partial charge in [-0.1, -0.05) is 23.7 Å². The van der Waals surface area contributed by atoms with Gasteiger partial charge in [0.25, 0.3) is 0 Å². The number of halogens is 1. The zero-order chi connectivity index (χ0) is 13.8. The largest absolute Gasteiger partial charge is 0.480 e. The second-order valence-corrected chi connectivity index (χ2v) is 3.93. The molecule has 96 valence electrons. The Kier molecular flexibility index (Phi) is 3.83. The number of benzene rings is 1. The number of methoxy groups -OCH3 is 2. The maximum absolute atomic E-state index is 8.78. The average Bonchev–Trinajstić information content (AvgIpc) is 2.46. The van der Waals surface area contributed by atoms with Crippen LogP contribution in [0, 0.1) is 11.3 Å². The monoisotopic (exact) mass is 275 g/mol. The third-order valence-corrected chi connectivity index (χ3v) is 2.76. The second kappa shape index (κ2) is 5.55. The summed E-state index contributed by atoms with van der Waals surface area (Å²) in [7, 11) is 2.94. The molecule has 1 aromatic heterocycles. The van der Waals surface area contributed by atoms with E-state index in [0.717, 1.165) is 5.56 Å². The van der Waals surface area contributed by atoms with Crippen LogP contribution in [0.1, 0.15) is 5.56 Å². The van der Waals surface area contributed by atoms with E-state index in [1.165, 1.54) is 14.2 Å². The van der Waals surface area contributed by atoms with Crippen molar-refractivity contribution in [1.29, 1.82) is 5.26 Å². The molecule has 2 aromatic rings.